The van der Waals surface area contributed by atoms with Crippen LogP contribution in [0.2, 0.25) is 0 Å². The van der Waals surface area contributed by atoms with Gasteiger partial charge in [0.15, 0.2) is 10.8 Å². The van der Waals surface area contributed by atoms with Gasteiger partial charge in [-0.25, -0.2) is 4.98 Å². The molecule has 3 aromatic rings. The molecule has 33 heavy (non-hydrogen) atoms. The Bertz CT molecular complexity index is 1220. The van der Waals surface area contributed by atoms with Gasteiger partial charge in [-0.15, -0.1) is 0 Å². The first-order valence-electron chi connectivity index (χ1n) is 11.1. The Morgan fingerprint density at radius 3 is 2.70 bits per heavy atom. The van der Waals surface area contributed by atoms with Crippen molar-refractivity contribution in [3.63, 3.8) is 0 Å². The summed E-state index contributed by atoms with van der Waals surface area (Å²) in [6, 6.07) is 7.68. The SMILES string of the molecule is CNC(=O)[C@H]1CCCN(c2nc3ncn(CC(=O)Nc4ccc(C(C)C)cc4)c(=O)c3s2)C1. The van der Waals surface area contributed by atoms with Crippen LogP contribution in [0.1, 0.15) is 38.2 Å². The molecule has 1 aliphatic heterocycles. The van der Waals surface area contributed by atoms with Crippen LogP contribution in [0.5, 0.6) is 0 Å². The molecule has 0 spiro atoms. The quantitative estimate of drug-likeness (QED) is 0.576. The van der Waals surface area contributed by atoms with E-state index in [4.69, 9.17) is 0 Å². The molecule has 2 amide bonds. The number of anilines is 2. The zero-order chi connectivity index (χ0) is 23.5. The normalized spacial score (nSPS) is 16.2. The van der Waals surface area contributed by atoms with Crippen molar-refractivity contribution in [2.45, 2.75) is 39.2 Å². The smallest absolute Gasteiger partial charge is 0.273 e. The molecule has 0 radical (unpaired) electrons. The van der Waals surface area contributed by atoms with Gasteiger partial charge in [-0.3, -0.25) is 19.0 Å². The van der Waals surface area contributed by atoms with Crippen LogP contribution in [0.25, 0.3) is 10.3 Å². The van der Waals surface area contributed by atoms with Crippen LogP contribution in [-0.2, 0) is 16.1 Å². The highest BCUT2D eigenvalue weighted by Gasteiger charge is 2.27. The summed E-state index contributed by atoms with van der Waals surface area (Å²) in [4.78, 5) is 48.4. The lowest BCUT2D eigenvalue weighted by Crippen LogP contribution is -2.42. The summed E-state index contributed by atoms with van der Waals surface area (Å²) in [5, 5.41) is 6.21. The number of carbonyl (C=O) groups is 2. The molecule has 0 aliphatic carbocycles. The number of nitrogens with zero attached hydrogens (tertiary/aromatic N) is 4. The van der Waals surface area contributed by atoms with Crippen LogP contribution >= 0.6 is 11.3 Å². The number of aromatic nitrogens is 3. The van der Waals surface area contributed by atoms with Gasteiger partial charge in [0.05, 0.1) is 5.92 Å². The maximum atomic E-state index is 13.0. The highest BCUT2D eigenvalue weighted by Crippen LogP contribution is 2.29. The molecule has 3 heterocycles. The minimum absolute atomic E-state index is 0.0196. The van der Waals surface area contributed by atoms with E-state index in [1.54, 1.807) is 7.05 Å². The molecule has 9 nitrogen and oxygen atoms in total. The monoisotopic (exact) mass is 468 g/mol. The first kappa shape index (κ1) is 22.9. The summed E-state index contributed by atoms with van der Waals surface area (Å²) in [6.45, 7) is 5.42. The fraction of sp³-hybridized carbons (Fsp3) is 0.435. The minimum atomic E-state index is -0.301. The summed E-state index contributed by atoms with van der Waals surface area (Å²) in [5.41, 5.74) is 1.94. The summed E-state index contributed by atoms with van der Waals surface area (Å²) < 4.78 is 1.70. The average Bonchev–Trinajstić information content (AvgIpc) is 3.26. The van der Waals surface area contributed by atoms with Gasteiger partial charge in [-0.05, 0) is 36.5 Å². The van der Waals surface area contributed by atoms with E-state index in [2.05, 4.69) is 34.4 Å². The van der Waals surface area contributed by atoms with Crippen molar-refractivity contribution < 1.29 is 9.59 Å². The van der Waals surface area contributed by atoms with Crippen molar-refractivity contribution >= 4 is 44.3 Å². The summed E-state index contributed by atoms with van der Waals surface area (Å²) in [5.74, 6) is 0.0320. The molecule has 1 atom stereocenters. The molecule has 1 aromatic carbocycles. The Hall–Kier alpha value is -3.27. The Kier molecular flexibility index (Phi) is 6.73. The van der Waals surface area contributed by atoms with E-state index >= 15 is 0 Å². The largest absolute Gasteiger partial charge is 0.359 e. The third-order valence-electron chi connectivity index (χ3n) is 5.86. The van der Waals surface area contributed by atoms with E-state index < -0.39 is 0 Å². The van der Waals surface area contributed by atoms with Gasteiger partial charge < -0.3 is 15.5 Å². The van der Waals surface area contributed by atoms with Crippen LogP contribution in [0.15, 0.2) is 35.4 Å². The third-order valence-corrected chi connectivity index (χ3v) is 6.95. The molecule has 1 saturated heterocycles. The Morgan fingerprint density at radius 2 is 2.00 bits per heavy atom. The number of carbonyl (C=O) groups excluding carboxylic acids is 2. The second-order valence-corrected chi connectivity index (χ2v) is 9.53. The van der Waals surface area contributed by atoms with Gasteiger partial charge in [0.25, 0.3) is 5.56 Å². The van der Waals surface area contributed by atoms with Crippen LogP contribution in [-0.4, -0.2) is 46.5 Å². The molecule has 2 N–H and O–H groups in total. The van der Waals surface area contributed by atoms with E-state index in [-0.39, 0.29) is 29.8 Å². The lowest BCUT2D eigenvalue weighted by Gasteiger charge is -2.31. The molecule has 0 bridgehead atoms. The number of hydrogen-bond donors (Lipinski definition) is 2. The number of amides is 2. The van der Waals surface area contributed by atoms with Crippen molar-refractivity contribution in [2.75, 3.05) is 30.4 Å². The zero-order valence-electron chi connectivity index (χ0n) is 19.0. The second-order valence-electron chi connectivity index (χ2n) is 8.55. The molecule has 1 fully saturated rings. The molecule has 0 unspecified atom stereocenters. The van der Waals surface area contributed by atoms with Gasteiger partial charge >= 0.3 is 0 Å². The molecule has 1 aliphatic rings. The minimum Gasteiger partial charge on any atom is -0.359 e. The lowest BCUT2D eigenvalue weighted by atomic mass is 9.98. The van der Waals surface area contributed by atoms with E-state index in [1.165, 1.54) is 27.8 Å². The zero-order valence-corrected chi connectivity index (χ0v) is 19.8. The Balaban J connectivity index is 1.48. The standard InChI is InChI=1S/C23H28N6O3S/c1-14(2)15-6-8-17(9-7-15)26-18(30)12-29-13-25-20-19(22(29)32)33-23(27-20)28-10-4-5-16(11-28)21(31)24-3/h6-9,13-14,16H,4-5,10-12H2,1-3H3,(H,24,31)(H,26,30)/t16-/m0/s1. The van der Waals surface area contributed by atoms with Crippen molar-refractivity contribution in [3.05, 3.63) is 46.5 Å². The molecule has 0 saturated carbocycles. The molecule has 174 valence electrons. The number of nitrogens with one attached hydrogen (secondary N) is 2. The first-order chi connectivity index (χ1) is 15.9. The summed E-state index contributed by atoms with van der Waals surface area (Å²) >= 11 is 1.26. The van der Waals surface area contributed by atoms with E-state index in [0.717, 1.165) is 19.4 Å². The second kappa shape index (κ2) is 9.70. The van der Waals surface area contributed by atoms with Crippen LogP contribution in [0.3, 0.4) is 0 Å². The van der Waals surface area contributed by atoms with Crippen molar-refractivity contribution in [1.29, 1.82) is 0 Å². The topological polar surface area (TPSA) is 109 Å². The van der Waals surface area contributed by atoms with E-state index in [0.29, 0.717) is 33.6 Å². The summed E-state index contributed by atoms with van der Waals surface area (Å²) in [7, 11) is 1.64. The summed E-state index contributed by atoms with van der Waals surface area (Å²) in [6.07, 6.45) is 3.07. The molecule has 10 heteroatoms. The van der Waals surface area contributed by atoms with Crippen molar-refractivity contribution in [1.82, 2.24) is 19.9 Å². The number of rotatable bonds is 6. The van der Waals surface area contributed by atoms with Gasteiger partial charge in [0, 0.05) is 25.8 Å². The van der Waals surface area contributed by atoms with E-state index in [9.17, 15) is 14.4 Å². The van der Waals surface area contributed by atoms with Crippen molar-refractivity contribution in [2.24, 2.45) is 5.92 Å². The third kappa shape index (κ3) is 5.05. The molecule has 2 aromatic heterocycles. The maximum absolute atomic E-state index is 13.0. The van der Waals surface area contributed by atoms with Crippen molar-refractivity contribution in [3.8, 4) is 0 Å². The van der Waals surface area contributed by atoms with Crippen LogP contribution in [0, 0.1) is 5.92 Å². The maximum Gasteiger partial charge on any atom is 0.273 e. The van der Waals surface area contributed by atoms with Gasteiger partial charge in [-0.2, -0.15) is 4.98 Å². The first-order valence-corrected chi connectivity index (χ1v) is 11.9. The van der Waals surface area contributed by atoms with Crippen LogP contribution in [0.4, 0.5) is 10.8 Å². The predicted molar refractivity (Wildman–Crippen MR) is 130 cm³/mol. The Labute approximate surface area is 195 Å². The fourth-order valence-electron chi connectivity index (χ4n) is 3.96. The molecular weight excluding hydrogens is 440 g/mol. The predicted octanol–water partition coefficient (Wildman–Crippen LogP) is 2.58. The van der Waals surface area contributed by atoms with Gasteiger partial charge in [0.2, 0.25) is 11.8 Å². The number of benzene rings is 1. The molecular formula is C23H28N6O3S. The number of hydrogen-bond acceptors (Lipinski definition) is 7. The lowest BCUT2D eigenvalue weighted by molar-refractivity contribution is -0.124. The molecule has 4 rings (SSSR count). The fourth-order valence-corrected chi connectivity index (χ4v) is 4.96. The van der Waals surface area contributed by atoms with E-state index in [1.807, 2.05) is 29.2 Å². The average molecular weight is 469 g/mol. The number of fused-ring (bicyclic) bond motifs is 1. The van der Waals surface area contributed by atoms with Gasteiger partial charge in [0.1, 0.15) is 17.6 Å². The number of thiazole rings is 1. The van der Waals surface area contributed by atoms with Crippen LogP contribution < -0.4 is 21.1 Å². The van der Waals surface area contributed by atoms with Gasteiger partial charge in [-0.1, -0.05) is 37.3 Å². The highest BCUT2D eigenvalue weighted by atomic mass is 32.1. The number of piperidine rings is 1. The highest BCUT2D eigenvalue weighted by molar-refractivity contribution is 7.22. The Morgan fingerprint density at radius 1 is 1.24 bits per heavy atom.